The number of hydrogen-bond donors (Lipinski definition) is 0. The van der Waals surface area contributed by atoms with Crippen LogP contribution in [0.25, 0.3) is 0 Å². The largest absolute Gasteiger partial charge is 0.487 e. The van der Waals surface area contributed by atoms with Crippen molar-refractivity contribution in [2.75, 3.05) is 26.3 Å². The summed E-state index contributed by atoms with van der Waals surface area (Å²) in [6, 6.07) is 13.0. The van der Waals surface area contributed by atoms with E-state index in [1.54, 1.807) is 22.5 Å². The summed E-state index contributed by atoms with van der Waals surface area (Å²) < 4.78 is 45.2. The molecule has 148 valence electrons. The molecule has 7 heteroatoms. The lowest BCUT2D eigenvalue weighted by Gasteiger charge is -2.44. The van der Waals surface area contributed by atoms with Gasteiger partial charge in [-0.3, -0.25) is 0 Å². The molecular weight excluding hydrogens is 378 g/mol. The molecule has 0 saturated carbocycles. The van der Waals surface area contributed by atoms with E-state index in [4.69, 9.17) is 14.2 Å². The summed E-state index contributed by atoms with van der Waals surface area (Å²) in [5.41, 5.74) is 0.979. The Labute approximate surface area is 165 Å². The van der Waals surface area contributed by atoms with E-state index in [0.717, 1.165) is 18.6 Å². The minimum absolute atomic E-state index is 0.252. The SMILES string of the molecule is O=S(=O)(c1ccc2c(c1)OCCO2)N1CCC2(CCc3ccccc3O2)CC1. The average Bonchev–Trinajstić information content (AvgIpc) is 2.73. The zero-order valence-electron chi connectivity index (χ0n) is 15.6. The number of ether oxygens (including phenoxy) is 3. The van der Waals surface area contributed by atoms with Crippen LogP contribution in [0.5, 0.6) is 17.2 Å². The summed E-state index contributed by atoms with van der Waals surface area (Å²) >= 11 is 0. The van der Waals surface area contributed by atoms with Crippen LogP contribution in [0.1, 0.15) is 24.8 Å². The smallest absolute Gasteiger partial charge is 0.243 e. The van der Waals surface area contributed by atoms with E-state index in [0.29, 0.717) is 50.6 Å². The van der Waals surface area contributed by atoms with Crippen molar-refractivity contribution in [1.82, 2.24) is 4.31 Å². The molecule has 0 unspecified atom stereocenters. The molecule has 3 aliphatic rings. The molecule has 3 aliphatic heterocycles. The van der Waals surface area contributed by atoms with E-state index < -0.39 is 10.0 Å². The molecule has 1 saturated heterocycles. The molecule has 0 bridgehead atoms. The van der Waals surface area contributed by atoms with Gasteiger partial charge in [-0.15, -0.1) is 0 Å². The van der Waals surface area contributed by atoms with Crippen molar-refractivity contribution in [3.63, 3.8) is 0 Å². The fourth-order valence-electron chi connectivity index (χ4n) is 4.28. The first-order chi connectivity index (χ1) is 13.6. The summed E-state index contributed by atoms with van der Waals surface area (Å²) in [6.07, 6.45) is 3.31. The Morgan fingerprint density at radius 1 is 0.857 bits per heavy atom. The fraction of sp³-hybridized carbons (Fsp3) is 0.429. The molecule has 0 N–H and O–H groups in total. The predicted octanol–water partition coefficient (Wildman–Crippen LogP) is 3.01. The molecule has 6 nitrogen and oxygen atoms in total. The van der Waals surface area contributed by atoms with E-state index in [1.165, 1.54) is 5.56 Å². The van der Waals surface area contributed by atoms with Gasteiger partial charge in [0.25, 0.3) is 0 Å². The molecule has 0 atom stereocenters. The molecule has 0 amide bonds. The van der Waals surface area contributed by atoms with Crippen molar-refractivity contribution < 1.29 is 22.6 Å². The number of hydrogen-bond acceptors (Lipinski definition) is 5. The van der Waals surface area contributed by atoms with Gasteiger partial charge in [-0.05, 0) is 36.6 Å². The summed E-state index contributed by atoms with van der Waals surface area (Å²) in [5.74, 6) is 2.03. The number of sulfonamides is 1. The summed E-state index contributed by atoms with van der Waals surface area (Å²) in [7, 11) is -3.57. The van der Waals surface area contributed by atoms with Gasteiger partial charge in [0.05, 0.1) is 4.90 Å². The first-order valence-electron chi connectivity index (χ1n) is 9.73. The molecule has 3 heterocycles. The first kappa shape index (κ1) is 17.8. The van der Waals surface area contributed by atoms with Gasteiger partial charge in [0, 0.05) is 32.0 Å². The van der Waals surface area contributed by atoms with Crippen LogP contribution in [0.15, 0.2) is 47.4 Å². The number of aryl methyl sites for hydroxylation is 1. The quantitative estimate of drug-likeness (QED) is 0.774. The topological polar surface area (TPSA) is 65.1 Å². The van der Waals surface area contributed by atoms with E-state index >= 15 is 0 Å². The van der Waals surface area contributed by atoms with E-state index in [2.05, 4.69) is 6.07 Å². The van der Waals surface area contributed by atoms with Gasteiger partial charge in [-0.25, -0.2) is 8.42 Å². The van der Waals surface area contributed by atoms with E-state index in [9.17, 15) is 8.42 Å². The van der Waals surface area contributed by atoms with Crippen LogP contribution < -0.4 is 14.2 Å². The van der Waals surface area contributed by atoms with Crippen molar-refractivity contribution in [3.05, 3.63) is 48.0 Å². The maximum absolute atomic E-state index is 13.1. The Morgan fingerprint density at radius 3 is 2.43 bits per heavy atom. The van der Waals surface area contributed by atoms with Crippen LogP contribution in [0.4, 0.5) is 0 Å². The molecule has 5 rings (SSSR count). The molecule has 0 aromatic heterocycles. The van der Waals surface area contributed by atoms with Crippen molar-refractivity contribution in [2.24, 2.45) is 0 Å². The second-order valence-electron chi connectivity index (χ2n) is 7.60. The van der Waals surface area contributed by atoms with Crippen LogP contribution in [-0.4, -0.2) is 44.6 Å². The highest BCUT2D eigenvalue weighted by Crippen LogP contribution is 2.40. The third kappa shape index (κ3) is 3.02. The Balaban J connectivity index is 1.33. The lowest BCUT2D eigenvalue weighted by atomic mass is 9.84. The second-order valence-corrected chi connectivity index (χ2v) is 9.54. The van der Waals surface area contributed by atoms with Crippen molar-refractivity contribution >= 4 is 10.0 Å². The molecular formula is C21H23NO5S. The van der Waals surface area contributed by atoms with Crippen LogP contribution in [0.3, 0.4) is 0 Å². The standard InChI is InChI=1S/C21H23NO5S/c23-28(24,17-5-6-19-20(15-17)26-14-13-25-19)22-11-9-21(10-12-22)8-7-16-3-1-2-4-18(16)27-21/h1-6,15H,7-14H2. The number of rotatable bonds is 2. The maximum Gasteiger partial charge on any atom is 0.243 e. The fourth-order valence-corrected chi connectivity index (χ4v) is 5.73. The highest BCUT2D eigenvalue weighted by atomic mass is 32.2. The Bertz CT molecular complexity index is 996. The summed E-state index contributed by atoms with van der Waals surface area (Å²) in [5, 5.41) is 0. The number of nitrogens with zero attached hydrogens (tertiary/aromatic N) is 1. The molecule has 0 aliphatic carbocycles. The van der Waals surface area contributed by atoms with Gasteiger partial charge in [-0.2, -0.15) is 4.31 Å². The maximum atomic E-state index is 13.1. The number of benzene rings is 2. The van der Waals surface area contributed by atoms with Crippen molar-refractivity contribution in [1.29, 1.82) is 0 Å². The molecule has 1 fully saturated rings. The zero-order valence-corrected chi connectivity index (χ0v) is 16.4. The second kappa shape index (κ2) is 6.67. The van der Waals surface area contributed by atoms with Gasteiger partial charge in [0.15, 0.2) is 11.5 Å². The Morgan fingerprint density at radius 2 is 1.61 bits per heavy atom. The molecule has 0 radical (unpaired) electrons. The highest BCUT2D eigenvalue weighted by Gasteiger charge is 2.42. The normalized spacial score (nSPS) is 21.0. The van der Waals surface area contributed by atoms with Gasteiger partial charge < -0.3 is 14.2 Å². The monoisotopic (exact) mass is 401 g/mol. The first-order valence-corrected chi connectivity index (χ1v) is 11.2. The van der Waals surface area contributed by atoms with Crippen molar-refractivity contribution in [3.8, 4) is 17.2 Å². The molecule has 2 aromatic carbocycles. The van der Waals surface area contributed by atoms with Gasteiger partial charge in [-0.1, -0.05) is 18.2 Å². The lowest BCUT2D eigenvalue weighted by Crippen LogP contribution is -2.51. The highest BCUT2D eigenvalue weighted by molar-refractivity contribution is 7.89. The van der Waals surface area contributed by atoms with Gasteiger partial charge in [0.1, 0.15) is 24.6 Å². The third-order valence-corrected chi connectivity index (χ3v) is 7.83. The minimum Gasteiger partial charge on any atom is -0.487 e. The summed E-state index contributed by atoms with van der Waals surface area (Å²) in [6.45, 7) is 1.83. The summed E-state index contributed by atoms with van der Waals surface area (Å²) in [4.78, 5) is 0.252. The van der Waals surface area contributed by atoms with E-state index in [1.807, 2.05) is 18.2 Å². The van der Waals surface area contributed by atoms with Crippen LogP contribution in [0, 0.1) is 0 Å². The lowest BCUT2D eigenvalue weighted by molar-refractivity contribution is 0.00180. The van der Waals surface area contributed by atoms with Crippen LogP contribution >= 0.6 is 0 Å². The molecule has 2 aromatic rings. The Kier molecular flexibility index (Phi) is 4.25. The Hall–Kier alpha value is -2.25. The van der Waals surface area contributed by atoms with Gasteiger partial charge in [0.2, 0.25) is 10.0 Å². The van der Waals surface area contributed by atoms with Gasteiger partial charge >= 0.3 is 0 Å². The number of fused-ring (bicyclic) bond motifs is 2. The number of para-hydroxylation sites is 1. The van der Waals surface area contributed by atoms with E-state index in [-0.39, 0.29) is 10.5 Å². The number of piperidine rings is 1. The third-order valence-electron chi connectivity index (χ3n) is 5.93. The zero-order chi connectivity index (χ0) is 19.2. The average molecular weight is 401 g/mol. The molecule has 28 heavy (non-hydrogen) atoms. The molecule has 1 spiro atoms. The minimum atomic E-state index is -3.57. The predicted molar refractivity (Wildman–Crippen MR) is 104 cm³/mol. The van der Waals surface area contributed by atoms with Crippen LogP contribution in [0.2, 0.25) is 0 Å². The van der Waals surface area contributed by atoms with Crippen molar-refractivity contribution in [2.45, 2.75) is 36.2 Å². The van der Waals surface area contributed by atoms with Crippen LogP contribution in [-0.2, 0) is 16.4 Å².